The van der Waals surface area contributed by atoms with Gasteiger partial charge in [0.25, 0.3) is 5.56 Å². The van der Waals surface area contributed by atoms with Crippen molar-refractivity contribution in [1.29, 1.82) is 0 Å². The minimum absolute atomic E-state index is 0.108. The summed E-state index contributed by atoms with van der Waals surface area (Å²) in [4.78, 5) is 14.2. The molecule has 0 aliphatic carbocycles. The molecule has 0 aliphatic heterocycles. The molecule has 0 spiro atoms. The predicted molar refractivity (Wildman–Crippen MR) is 74.6 cm³/mol. The summed E-state index contributed by atoms with van der Waals surface area (Å²) < 4.78 is 41.5. The maximum atomic E-state index is 14.0. The second kappa shape index (κ2) is 4.85. The minimum Gasteiger partial charge on any atom is -0.298 e. The number of benzene rings is 2. The van der Waals surface area contributed by atoms with Gasteiger partial charge in [0, 0.05) is 0 Å². The van der Waals surface area contributed by atoms with Crippen molar-refractivity contribution >= 4 is 23.1 Å². The zero-order valence-corrected chi connectivity index (χ0v) is 11.2. The number of fused-ring (bicyclic) bond motifs is 1. The maximum absolute atomic E-state index is 14.0. The van der Waals surface area contributed by atoms with Crippen LogP contribution in [0, 0.1) is 22.2 Å². The van der Waals surface area contributed by atoms with E-state index < -0.39 is 23.0 Å². The fourth-order valence-electron chi connectivity index (χ4n) is 2.12. The highest BCUT2D eigenvalue weighted by Crippen LogP contribution is 2.22. The first-order valence-corrected chi connectivity index (χ1v) is 6.29. The van der Waals surface area contributed by atoms with Crippen molar-refractivity contribution in [3.8, 4) is 5.69 Å². The molecule has 106 valence electrons. The lowest BCUT2D eigenvalue weighted by atomic mass is 10.2. The smallest absolute Gasteiger partial charge is 0.259 e. The second-order valence-electron chi connectivity index (χ2n) is 4.31. The van der Waals surface area contributed by atoms with E-state index >= 15 is 0 Å². The molecule has 0 atom stereocenters. The van der Waals surface area contributed by atoms with Crippen molar-refractivity contribution in [3.63, 3.8) is 0 Å². The molecule has 3 rings (SSSR count). The minimum atomic E-state index is -1.59. The van der Waals surface area contributed by atoms with Crippen molar-refractivity contribution in [2.75, 3.05) is 0 Å². The number of rotatable bonds is 1. The Balaban J connectivity index is 2.50. The van der Waals surface area contributed by atoms with Crippen molar-refractivity contribution in [2.24, 2.45) is 0 Å². The van der Waals surface area contributed by atoms with E-state index in [1.165, 1.54) is 6.07 Å². The van der Waals surface area contributed by atoms with Crippen LogP contribution in [0.5, 0.6) is 0 Å². The van der Waals surface area contributed by atoms with Gasteiger partial charge in [0.2, 0.25) is 0 Å². The van der Waals surface area contributed by atoms with Crippen LogP contribution in [-0.4, -0.2) is 9.55 Å². The Kier molecular flexibility index (Phi) is 3.13. The Labute approximate surface area is 121 Å². The first kappa shape index (κ1) is 13.6. The SMILES string of the molecule is O=c1[nH]c(=S)n(-c2ccc(F)c(F)c2F)c2ccccc12. The molecule has 1 aromatic heterocycles. The summed E-state index contributed by atoms with van der Waals surface area (Å²) in [6, 6.07) is 8.19. The van der Waals surface area contributed by atoms with E-state index in [-0.39, 0.29) is 15.8 Å². The summed E-state index contributed by atoms with van der Waals surface area (Å²) in [6.07, 6.45) is 0. The molecule has 0 aliphatic rings. The summed E-state index contributed by atoms with van der Waals surface area (Å²) >= 11 is 5.01. The molecule has 0 amide bonds. The van der Waals surface area contributed by atoms with Gasteiger partial charge in [-0.1, -0.05) is 12.1 Å². The highest BCUT2D eigenvalue weighted by atomic mass is 32.1. The van der Waals surface area contributed by atoms with Crippen LogP contribution in [-0.2, 0) is 0 Å². The monoisotopic (exact) mass is 308 g/mol. The summed E-state index contributed by atoms with van der Waals surface area (Å²) in [6.45, 7) is 0. The van der Waals surface area contributed by atoms with Crippen molar-refractivity contribution in [3.05, 3.63) is 69.0 Å². The molecule has 0 saturated carbocycles. The number of aromatic nitrogens is 2. The van der Waals surface area contributed by atoms with Crippen molar-refractivity contribution in [2.45, 2.75) is 0 Å². The van der Waals surface area contributed by atoms with Crippen LogP contribution in [0.3, 0.4) is 0 Å². The number of para-hydroxylation sites is 1. The van der Waals surface area contributed by atoms with Gasteiger partial charge in [-0.2, -0.15) is 0 Å². The topological polar surface area (TPSA) is 37.8 Å². The van der Waals surface area contributed by atoms with Gasteiger partial charge in [-0.3, -0.25) is 14.3 Å². The van der Waals surface area contributed by atoms with E-state index in [0.717, 1.165) is 16.7 Å². The standard InChI is InChI=1S/C14H7F3N2OS/c15-8-5-6-10(12(17)11(8)16)19-9-4-2-1-3-7(9)13(20)18-14(19)21/h1-6H,(H,18,20,21). The van der Waals surface area contributed by atoms with E-state index in [0.29, 0.717) is 5.52 Å². The lowest BCUT2D eigenvalue weighted by Gasteiger charge is -2.12. The molecule has 2 aromatic carbocycles. The summed E-state index contributed by atoms with van der Waals surface area (Å²) in [5, 5.41) is 0.259. The molecule has 1 N–H and O–H groups in total. The van der Waals surface area contributed by atoms with E-state index in [2.05, 4.69) is 4.98 Å². The van der Waals surface area contributed by atoms with Crippen molar-refractivity contribution in [1.82, 2.24) is 9.55 Å². The van der Waals surface area contributed by atoms with Crippen LogP contribution in [0.15, 0.2) is 41.2 Å². The third-order valence-corrected chi connectivity index (χ3v) is 3.35. The highest BCUT2D eigenvalue weighted by Gasteiger charge is 2.17. The van der Waals surface area contributed by atoms with Gasteiger partial charge in [0.05, 0.1) is 16.6 Å². The second-order valence-corrected chi connectivity index (χ2v) is 4.69. The predicted octanol–water partition coefficient (Wildman–Crippen LogP) is 3.47. The number of H-pyrrole nitrogens is 1. The zero-order valence-electron chi connectivity index (χ0n) is 10.4. The third kappa shape index (κ3) is 2.06. The molecule has 0 unspecified atom stereocenters. The number of hydrogen-bond acceptors (Lipinski definition) is 2. The molecule has 0 saturated heterocycles. The quantitative estimate of drug-likeness (QED) is 0.552. The number of halogens is 3. The number of hydrogen-bond donors (Lipinski definition) is 1. The van der Waals surface area contributed by atoms with E-state index in [4.69, 9.17) is 12.2 Å². The molecule has 3 aromatic rings. The summed E-state index contributed by atoms with van der Waals surface area (Å²) in [5.41, 5.74) is -0.405. The molecule has 1 heterocycles. The number of aromatic amines is 1. The average Bonchev–Trinajstić information content (AvgIpc) is 2.47. The Bertz CT molecular complexity index is 978. The molecule has 0 radical (unpaired) electrons. The van der Waals surface area contributed by atoms with Gasteiger partial charge in [0.1, 0.15) is 0 Å². The fourth-order valence-corrected chi connectivity index (χ4v) is 2.41. The summed E-state index contributed by atoms with van der Waals surface area (Å²) in [5.74, 6) is -4.26. The Morgan fingerprint density at radius 3 is 2.48 bits per heavy atom. The number of nitrogens with zero attached hydrogens (tertiary/aromatic N) is 1. The van der Waals surface area contributed by atoms with Crippen LogP contribution in [0.2, 0.25) is 0 Å². The fraction of sp³-hybridized carbons (Fsp3) is 0. The largest absolute Gasteiger partial charge is 0.298 e. The van der Waals surface area contributed by atoms with Crippen LogP contribution in [0.1, 0.15) is 0 Å². The van der Waals surface area contributed by atoms with Crippen LogP contribution >= 0.6 is 12.2 Å². The first-order valence-electron chi connectivity index (χ1n) is 5.88. The normalized spacial score (nSPS) is 11.0. The Hall–Kier alpha value is -2.41. The molecule has 0 fully saturated rings. The maximum Gasteiger partial charge on any atom is 0.259 e. The Morgan fingerprint density at radius 1 is 1.00 bits per heavy atom. The van der Waals surface area contributed by atoms with Gasteiger partial charge in [-0.15, -0.1) is 0 Å². The summed E-state index contributed by atoms with van der Waals surface area (Å²) in [7, 11) is 0. The molecule has 0 bridgehead atoms. The molecular weight excluding hydrogens is 301 g/mol. The van der Waals surface area contributed by atoms with E-state index in [1.807, 2.05) is 0 Å². The number of nitrogens with one attached hydrogen (secondary N) is 1. The first-order chi connectivity index (χ1) is 10.0. The van der Waals surface area contributed by atoms with Crippen LogP contribution in [0.25, 0.3) is 16.6 Å². The average molecular weight is 308 g/mol. The Morgan fingerprint density at radius 2 is 1.71 bits per heavy atom. The van der Waals surface area contributed by atoms with Gasteiger partial charge in [0.15, 0.2) is 22.2 Å². The lowest BCUT2D eigenvalue weighted by molar-refractivity contribution is 0.444. The third-order valence-electron chi connectivity index (χ3n) is 3.07. The van der Waals surface area contributed by atoms with E-state index in [1.54, 1.807) is 18.2 Å². The van der Waals surface area contributed by atoms with Gasteiger partial charge >= 0.3 is 0 Å². The van der Waals surface area contributed by atoms with Gasteiger partial charge < -0.3 is 0 Å². The molecule has 3 nitrogen and oxygen atoms in total. The molecule has 7 heteroatoms. The van der Waals surface area contributed by atoms with Crippen molar-refractivity contribution < 1.29 is 13.2 Å². The van der Waals surface area contributed by atoms with Gasteiger partial charge in [-0.05, 0) is 36.5 Å². The lowest BCUT2D eigenvalue weighted by Crippen LogP contribution is -2.14. The van der Waals surface area contributed by atoms with E-state index in [9.17, 15) is 18.0 Å². The van der Waals surface area contributed by atoms with Gasteiger partial charge in [-0.25, -0.2) is 13.2 Å². The van der Waals surface area contributed by atoms with Crippen LogP contribution in [0.4, 0.5) is 13.2 Å². The zero-order chi connectivity index (χ0) is 15.1. The molecule has 21 heavy (non-hydrogen) atoms. The molecular formula is C14H7F3N2OS. The highest BCUT2D eigenvalue weighted by molar-refractivity contribution is 7.71. The van der Waals surface area contributed by atoms with Crippen LogP contribution < -0.4 is 5.56 Å².